The molecule has 0 aromatic rings. The van der Waals surface area contributed by atoms with Crippen LogP contribution in [0.15, 0.2) is 0 Å². The van der Waals surface area contributed by atoms with E-state index >= 15 is 0 Å². The van der Waals surface area contributed by atoms with E-state index in [9.17, 15) is 4.79 Å². The van der Waals surface area contributed by atoms with Gasteiger partial charge in [0.1, 0.15) is 0 Å². The molecule has 0 aliphatic carbocycles. The number of ether oxygens (including phenoxy) is 1. The van der Waals surface area contributed by atoms with Crippen LogP contribution in [-0.2, 0) is 9.53 Å². The fourth-order valence-corrected chi connectivity index (χ4v) is 2.44. The van der Waals surface area contributed by atoms with Crippen molar-refractivity contribution in [3.8, 4) is 0 Å². The highest BCUT2D eigenvalue weighted by Gasteiger charge is 2.16. The van der Waals surface area contributed by atoms with Crippen molar-refractivity contribution in [1.82, 2.24) is 15.5 Å². The van der Waals surface area contributed by atoms with E-state index in [1.165, 1.54) is 0 Å². The smallest absolute Gasteiger partial charge is 0.223 e. The van der Waals surface area contributed by atoms with E-state index in [4.69, 9.17) is 4.74 Å². The van der Waals surface area contributed by atoms with Crippen molar-refractivity contribution in [2.75, 3.05) is 39.4 Å². The highest BCUT2D eigenvalue weighted by Crippen LogP contribution is 2.02. The Kier molecular flexibility index (Phi) is 8.02. The molecule has 1 saturated heterocycles. The summed E-state index contributed by atoms with van der Waals surface area (Å²) in [4.78, 5) is 13.7. The van der Waals surface area contributed by atoms with E-state index in [1.807, 2.05) is 18.7 Å². The standard InChI is InChI=1S/C14H29N3O2/c1-4-17(5-2)14(18)6-7-15-12(3)10-13-11-19-9-8-16-13/h12-13,15-16H,4-11H2,1-3H3. The van der Waals surface area contributed by atoms with Gasteiger partial charge in [-0.05, 0) is 27.2 Å². The molecule has 5 heteroatoms. The summed E-state index contributed by atoms with van der Waals surface area (Å²) in [5, 5.41) is 6.87. The van der Waals surface area contributed by atoms with Gasteiger partial charge in [0.25, 0.3) is 0 Å². The monoisotopic (exact) mass is 271 g/mol. The average Bonchev–Trinajstić information content (AvgIpc) is 2.41. The van der Waals surface area contributed by atoms with Crippen molar-refractivity contribution >= 4 is 5.91 Å². The second-order valence-electron chi connectivity index (χ2n) is 5.13. The number of hydrogen-bond donors (Lipinski definition) is 2. The number of rotatable bonds is 8. The Bertz CT molecular complexity index is 251. The zero-order chi connectivity index (χ0) is 14.1. The third kappa shape index (κ3) is 6.36. The number of nitrogens with zero attached hydrogens (tertiary/aromatic N) is 1. The third-order valence-electron chi connectivity index (χ3n) is 3.58. The molecule has 0 spiro atoms. The number of nitrogens with one attached hydrogen (secondary N) is 2. The zero-order valence-corrected chi connectivity index (χ0v) is 12.6. The van der Waals surface area contributed by atoms with Gasteiger partial charge in [-0.25, -0.2) is 0 Å². The molecule has 1 rings (SSSR count). The Morgan fingerprint density at radius 3 is 2.79 bits per heavy atom. The third-order valence-corrected chi connectivity index (χ3v) is 3.58. The van der Waals surface area contributed by atoms with Crippen LogP contribution in [0.4, 0.5) is 0 Å². The predicted molar refractivity (Wildman–Crippen MR) is 77.2 cm³/mol. The first-order valence-corrected chi connectivity index (χ1v) is 7.49. The first-order valence-electron chi connectivity index (χ1n) is 7.49. The molecular formula is C14H29N3O2. The van der Waals surface area contributed by atoms with E-state index in [0.29, 0.717) is 18.5 Å². The average molecular weight is 271 g/mol. The molecular weight excluding hydrogens is 242 g/mol. The molecule has 1 heterocycles. The normalized spacial score (nSPS) is 21.1. The summed E-state index contributed by atoms with van der Waals surface area (Å²) in [6.07, 6.45) is 1.63. The maximum atomic E-state index is 11.8. The van der Waals surface area contributed by atoms with Gasteiger partial charge in [0.05, 0.1) is 13.2 Å². The molecule has 0 aromatic carbocycles. The molecule has 0 radical (unpaired) electrons. The molecule has 1 fully saturated rings. The zero-order valence-electron chi connectivity index (χ0n) is 12.6. The van der Waals surface area contributed by atoms with E-state index < -0.39 is 0 Å². The number of carbonyl (C=O) groups is 1. The SMILES string of the molecule is CCN(CC)C(=O)CCNC(C)CC1COCCN1. The van der Waals surface area contributed by atoms with Crippen molar-refractivity contribution in [1.29, 1.82) is 0 Å². The van der Waals surface area contributed by atoms with Crippen LogP contribution in [0.25, 0.3) is 0 Å². The molecule has 1 aliphatic rings. The molecule has 0 bridgehead atoms. The summed E-state index contributed by atoms with van der Waals surface area (Å²) in [6.45, 7) is 11.1. The van der Waals surface area contributed by atoms with E-state index in [-0.39, 0.29) is 5.91 Å². The number of amides is 1. The van der Waals surface area contributed by atoms with Crippen LogP contribution >= 0.6 is 0 Å². The van der Waals surface area contributed by atoms with Crippen LogP contribution < -0.4 is 10.6 Å². The fraction of sp³-hybridized carbons (Fsp3) is 0.929. The van der Waals surface area contributed by atoms with Crippen LogP contribution in [-0.4, -0.2) is 62.3 Å². The Hall–Kier alpha value is -0.650. The summed E-state index contributed by atoms with van der Waals surface area (Å²) in [5.41, 5.74) is 0. The molecule has 112 valence electrons. The van der Waals surface area contributed by atoms with Gasteiger partial charge < -0.3 is 20.3 Å². The molecule has 0 saturated carbocycles. The van der Waals surface area contributed by atoms with E-state index in [1.54, 1.807) is 0 Å². The highest BCUT2D eigenvalue weighted by atomic mass is 16.5. The minimum atomic E-state index is 0.240. The van der Waals surface area contributed by atoms with Crippen molar-refractivity contribution in [2.24, 2.45) is 0 Å². The molecule has 2 N–H and O–H groups in total. The van der Waals surface area contributed by atoms with Gasteiger partial charge in [0.15, 0.2) is 0 Å². The molecule has 1 aliphatic heterocycles. The predicted octanol–water partition coefficient (Wildman–Crippen LogP) is 0.602. The lowest BCUT2D eigenvalue weighted by Crippen LogP contribution is -2.45. The Morgan fingerprint density at radius 2 is 2.21 bits per heavy atom. The van der Waals surface area contributed by atoms with Crippen LogP contribution in [0.1, 0.15) is 33.6 Å². The lowest BCUT2D eigenvalue weighted by atomic mass is 10.1. The molecule has 2 atom stereocenters. The summed E-state index contributed by atoms with van der Waals surface area (Å²) in [7, 11) is 0. The van der Waals surface area contributed by atoms with Gasteiger partial charge in [-0.1, -0.05) is 0 Å². The van der Waals surface area contributed by atoms with Crippen molar-refractivity contribution in [2.45, 2.75) is 45.7 Å². The van der Waals surface area contributed by atoms with Crippen molar-refractivity contribution in [3.63, 3.8) is 0 Å². The molecule has 5 nitrogen and oxygen atoms in total. The van der Waals surface area contributed by atoms with Crippen LogP contribution in [0, 0.1) is 0 Å². The largest absolute Gasteiger partial charge is 0.379 e. The summed E-state index contributed by atoms with van der Waals surface area (Å²) in [6, 6.07) is 0.846. The Balaban J connectivity index is 2.12. The topological polar surface area (TPSA) is 53.6 Å². The molecule has 19 heavy (non-hydrogen) atoms. The second-order valence-corrected chi connectivity index (χ2v) is 5.13. The lowest BCUT2D eigenvalue weighted by molar-refractivity contribution is -0.130. The van der Waals surface area contributed by atoms with Gasteiger partial charge in [-0.3, -0.25) is 4.79 Å². The molecule has 2 unspecified atom stereocenters. The van der Waals surface area contributed by atoms with Gasteiger partial charge >= 0.3 is 0 Å². The number of morpholine rings is 1. The Labute approximate surface area is 117 Å². The quantitative estimate of drug-likeness (QED) is 0.679. The van der Waals surface area contributed by atoms with Crippen LogP contribution in [0.5, 0.6) is 0 Å². The minimum Gasteiger partial charge on any atom is -0.379 e. The van der Waals surface area contributed by atoms with E-state index in [0.717, 1.165) is 45.8 Å². The van der Waals surface area contributed by atoms with Gasteiger partial charge in [0.2, 0.25) is 5.91 Å². The number of hydrogen-bond acceptors (Lipinski definition) is 4. The lowest BCUT2D eigenvalue weighted by Gasteiger charge is -2.27. The van der Waals surface area contributed by atoms with Crippen LogP contribution in [0.3, 0.4) is 0 Å². The van der Waals surface area contributed by atoms with E-state index in [2.05, 4.69) is 17.6 Å². The van der Waals surface area contributed by atoms with Crippen LogP contribution in [0.2, 0.25) is 0 Å². The summed E-state index contributed by atoms with van der Waals surface area (Å²) < 4.78 is 5.44. The van der Waals surface area contributed by atoms with Gasteiger partial charge in [0, 0.05) is 44.7 Å². The number of carbonyl (C=O) groups excluding carboxylic acids is 1. The van der Waals surface area contributed by atoms with Crippen molar-refractivity contribution < 1.29 is 9.53 Å². The first kappa shape index (κ1) is 16.4. The Morgan fingerprint density at radius 1 is 1.47 bits per heavy atom. The van der Waals surface area contributed by atoms with Gasteiger partial charge in [-0.15, -0.1) is 0 Å². The molecule has 1 amide bonds. The maximum absolute atomic E-state index is 11.8. The first-order chi connectivity index (χ1) is 9.17. The van der Waals surface area contributed by atoms with Crippen molar-refractivity contribution in [3.05, 3.63) is 0 Å². The summed E-state index contributed by atoms with van der Waals surface area (Å²) in [5.74, 6) is 0.240. The molecule has 0 aromatic heterocycles. The summed E-state index contributed by atoms with van der Waals surface area (Å²) >= 11 is 0. The highest BCUT2D eigenvalue weighted by molar-refractivity contribution is 5.76. The minimum absolute atomic E-state index is 0.240. The van der Waals surface area contributed by atoms with Gasteiger partial charge in [-0.2, -0.15) is 0 Å². The fourth-order valence-electron chi connectivity index (χ4n) is 2.44. The maximum Gasteiger partial charge on any atom is 0.223 e. The second kappa shape index (κ2) is 9.28.